The molecule has 1 saturated carbocycles. The first-order valence-corrected chi connectivity index (χ1v) is 10.7. The predicted octanol–water partition coefficient (Wildman–Crippen LogP) is 4.05. The van der Waals surface area contributed by atoms with Crippen molar-refractivity contribution in [3.8, 4) is 6.07 Å². The van der Waals surface area contributed by atoms with E-state index >= 15 is 0 Å². The lowest BCUT2D eigenvalue weighted by atomic mass is 9.89. The lowest BCUT2D eigenvalue weighted by molar-refractivity contribution is 0.0696. The lowest BCUT2D eigenvalue weighted by Gasteiger charge is -2.34. The van der Waals surface area contributed by atoms with Crippen LogP contribution in [0.1, 0.15) is 49.8 Å². The fourth-order valence-corrected chi connectivity index (χ4v) is 5.08. The van der Waals surface area contributed by atoms with Crippen LogP contribution in [0.5, 0.6) is 0 Å². The number of amides is 1. The van der Waals surface area contributed by atoms with Crippen molar-refractivity contribution in [2.75, 3.05) is 6.54 Å². The molecule has 2 heterocycles. The largest absolute Gasteiger partial charge is 0.436 e. The zero-order valence-electron chi connectivity index (χ0n) is 17.4. The number of fused-ring (bicyclic) bond motifs is 1. The molecule has 7 heteroatoms. The van der Waals surface area contributed by atoms with E-state index in [-0.39, 0.29) is 23.9 Å². The number of aromatic nitrogens is 2. The van der Waals surface area contributed by atoms with Crippen molar-refractivity contribution in [2.45, 2.75) is 50.3 Å². The van der Waals surface area contributed by atoms with Crippen LogP contribution in [0.2, 0.25) is 0 Å². The second-order valence-electron chi connectivity index (χ2n) is 8.70. The molecule has 3 aromatic rings. The number of cyclic esters (lactones) is 1. The molecular formula is C24H24N4O3. The number of carbonyl (C=O) groups is 1. The molecule has 1 atom stereocenters. The highest BCUT2D eigenvalue weighted by molar-refractivity contribution is 5.77. The summed E-state index contributed by atoms with van der Waals surface area (Å²) in [5.74, 6) is 0. The number of aromatic amines is 1. The molecule has 1 unspecified atom stereocenters. The topological polar surface area (TPSA) is 91.1 Å². The molecule has 2 aromatic carbocycles. The first kappa shape index (κ1) is 19.4. The molecule has 2 fully saturated rings. The summed E-state index contributed by atoms with van der Waals surface area (Å²) in [6, 6.07) is 17.4. The molecule has 31 heavy (non-hydrogen) atoms. The summed E-state index contributed by atoms with van der Waals surface area (Å²) in [5.41, 5.74) is 2.25. The normalized spacial score (nSPS) is 26.1. The van der Waals surface area contributed by atoms with Gasteiger partial charge in [-0.05, 0) is 56.4 Å². The van der Waals surface area contributed by atoms with Crippen molar-refractivity contribution < 1.29 is 9.53 Å². The highest BCUT2D eigenvalue weighted by Crippen LogP contribution is 2.38. The Bertz CT molecular complexity index is 1230. The SMILES string of the molecule is CC1(c2ccccc2)CN([C@H]2CC[C@H](n3c(=O)[nH]c4cc(C#N)ccc43)CC2)C(=O)O1. The average Bonchev–Trinajstić information content (AvgIpc) is 3.29. The summed E-state index contributed by atoms with van der Waals surface area (Å²) in [7, 11) is 0. The number of ether oxygens (including phenoxy) is 1. The van der Waals surface area contributed by atoms with Crippen molar-refractivity contribution in [1.29, 1.82) is 5.26 Å². The maximum atomic E-state index is 12.7. The van der Waals surface area contributed by atoms with Crippen LogP contribution in [-0.2, 0) is 10.3 Å². The minimum Gasteiger partial charge on any atom is -0.436 e. The number of nitrogens with one attached hydrogen (secondary N) is 1. The van der Waals surface area contributed by atoms with Gasteiger partial charge in [-0.2, -0.15) is 5.26 Å². The number of nitrogens with zero attached hydrogens (tertiary/aromatic N) is 3. The Hall–Kier alpha value is -3.53. The number of imidazole rings is 1. The van der Waals surface area contributed by atoms with Crippen molar-refractivity contribution in [1.82, 2.24) is 14.5 Å². The number of hydrogen-bond donors (Lipinski definition) is 1. The molecule has 5 rings (SSSR count). The van der Waals surface area contributed by atoms with Crippen LogP contribution in [0.15, 0.2) is 53.3 Å². The summed E-state index contributed by atoms with van der Waals surface area (Å²) in [5, 5.41) is 9.09. The van der Waals surface area contributed by atoms with E-state index in [9.17, 15) is 9.59 Å². The molecular weight excluding hydrogens is 392 g/mol. The molecule has 0 radical (unpaired) electrons. The zero-order chi connectivity index (χ0) is 21.6. The fourth-order valence-electron chi connectivity index (χ4n) is 5.08. The molecule has 0 spiro atoms. The van der Waals surface area contributed by atoms with E-state index in [0.717, 1.165) is 36.8 Å². The van der Waals surface area contributed by atoms with E-state index < -0.39 is 5.60 Å². The van der Waals surface area contributed by atoms with Gasteiger partial charge in [0.15, 0.2) is 5.60 Å². The van der Waals surface area contributed by atoms with Crippen LogP contribution < -0.4 is 5.69 Å². The van der Waals surface area contributed by atoms with Gasteiger partial charge in [0.05, 0.1) is 29.2 Å². The molecule has 1 N–H and O–H groups in total. The third-order valence-corrected chi connectivity index (χ3v) is 6.72. The van der Waals surface area contributed by atoms with Crippen LogP contribution >= 0.6 is 0 Å². The van der Waals surface area contributed by atoms with Crippen LogP contribution in [-0.4, -0.2) is 33.1 Å². The van der Waals surface area contributed by atoms with Crippen LogP contribution in [0.3, 0.4) is 0 Å². The molecule has 2 aliphatic rings. The predicted molar refractivity (Wildman–Crippen MR) is 116 cm³/mol. The maximum absolute atomic E-state index is 12.7. The first-order valence-electron chi connectivity index (χ1n) is 10.7. The van der Waals surface area contributed by atoms with Gasteiger partial charge in [0.25, 0.3) is 0 Å². The van der Waals surface area contributed by atoms with Crippen molar-refractivity contribution in [3.05, 3.63) is 70.1 Å². The minimum atomic E-state index is -0.637. The standard InChI is InChI=1S/C24H24N4O3/c1-24(17-5-3-2-4-6-17)15-27(23(30)31-24)18-8-10-19(11-9-18)28-21-12-7-16(14-25)13-20(21)26-22(28)29/h2-7,12-13,18-19H,8-11,15H2,1H3,(H,26,29)/t18-,19-,24?. The molecule has 1 saturated heterocycles. The van der Waals surface area contributed by atoms with Crippen LogP contribution in [0, 0.1) is 11.3 Å². The highest BCUT2D eigenvalue weighted by Gasteiger charge is 2.46. The Morgan fingerprint density at radius 1 is 1.06 bits per heavy atom. The van der Waals surface area contributed by atoms with Gasteiger partial charge in [-0.3, -0.25) is 4.57 Å². The van der Waals surface area contributed by atoms with E-state index in [1.54, 1.807) is 12.1 Å². The van der Waals surface area contributed by atoms with E-state index in [1.807, 2.05) is 52.8 Å². The fraction of sp³-hybridized carbons (Fsp3) is 0.375. The molecule has 1 aliphatic carbocycles. The van der Waals surface area contributed by atoms with Gasteiger partial charge < -0.3 is 14.6 Å². The Morgan fingerprint density at radius 3 is 2.48 bits per heavy atom. The maximum Gasteiger partial charge on any atom is 0.411 e. The number of hydrogen-bond acceptors (Lipinski definition) is 4. The van der Waals surface area contributed by atoms with E-state index in [0.29, 0.717) is 17.6 Å². The summed E-state index contributed by atoms with van der Waals surface area (Å²) in [6.07, 6.45) is 3.00. The van der Waals surface area contributed by atoms with Gasteiger partial charge in [-0.1, -0.05) is 30.3 Å². The van der Waals surface area contributed by atoms with Gasteiger partial charge in [0.1, 0.15) is 0 Å². The average molecular weight is 416 g/mol. The Labute approximate surface area is 179 Å². The summed E-state index contributed by atoms with van der Waals surface area (Å²) >= 11 is 0. The number of nitriles is 1. The van der Waals surface area contributed by atoms with E-state index in [2.05, 4.69) is 11.1 Å². The van der Waals surface area contributed by atoms with Crippen molar-refractivity contribution >= 4 is 17.1 Å². The molecule has 7 nitrogen and oxygen atoms in total. The summed E-state index contributed by atoms with van der Waals surface area (Å²) < 4.78 is 7.61. The molecule has 0 bridgehead atoms. The van der Waals surface area contributed by atoms with Gasteiger partial charge in [-0.25, -0.2) is 9.59 Å². The van der Waals surface area contributed by atoms with Gasteiger partial charge in [-0.15, -0.1) is 0 Å². The van der Waals surface area contributed by atoms with Gasteiger partial charge >= 0.3 is 11.8 Å². The van der Waals surface area contributed by atoms with E-state index in [4.69, 9.17) is 10.00 Å². The van der Waals surface area contributed by atoms with E-state index in [1.165, 1.54) is 0 Å². The monoisotopic (exact) mass is 416 g/mol. The quantitative estimate of drug-likeness (QED) is 0.697. The first-order chi connectivity index (χ1) is 15.0. The number of benzene rings is 2. The third kappa shape index (κ3) is 3.28. The van der Waals surface area contributed by atoms with Crippen LogP contribution in [0.25, 0.3) is 11.0 Å². The third-order valence-electron chi connectivity index (χ3n) is 6.72. The number of rotatable bonds is 3. The zero-order valence-corrected chi connectivity index (χ0v) is 17.4. The molecule has 1 aliphatic heterocycles. The second-order valence-corrected chi connectivity index (χ2v) is 8.70. The minimum absolute atomic E-state index is 0.0737. The van der Waals surface area contributed by atoms with Gasteiger partial charge in [0.2, 0.25) is 0 Å². The van der Waals surface area contributed by atoms with Crippen molar-refractivity contribution in [3.63, 3.8) is 0 Å². The van der Waals surface area contributed by atoms with Crippen molar-refractivity contribution in [2.24, 2.45) is 0 Å². The smallest absolute Gasteiger partial charge is 0.411 e. The highest BCUT2D eigenvalue weighted by atomic mass is 16.6. The molecule has 1 amide bonds. The second kappa shape index (κ2) is 7.31. The Morgan fingerprint density at radius 2 is 1.77 bits per heavy atom. The Balaban J connectivity index is 1.32. The summed E-state index contributed by atoms with van der Waals surface area (Å²) in [4.78, 5) is 30.0. The summed E-state index contributed by atoms with van der Waals surface area (Å²) in [6.45, 7) is 2.50. The lowest BCUT2D eigenvalue weighted by Crippen LogP contribution is -2.41. The number of H-pyrrole nitrogens is 1. The molecule has 158 valence electrons. The Kier molecular flexibility index (Phi) is 4.58. The number of carbonyl (C=O) groups excluding carboxylic acids is 1. The van der Waals surface area contributed by atoms with Crippen LogP contribution in [0.4, 0.5) is 4.79 Å². The van der Waals surface area contributed by atoms with Gasteiger partial charge in [0, 0.05) is 12.1 Å². The molecule has 1 aromatic heterocycles.